The van der Waals surface area contributed by atoms with Crippen molar-refractivity contribution in [3.63, 3.8) is 0 Å². The summed E-state index contributed by atoms with van der Waals surface area (Å²) in [5, 5.41) is 0. The first-order valence-corrected chi connectivity index (χ1v) is 14.7. The lowest BCUT2D eigenvalue weighted by Crippen LogP contribution is -2.34. The SMILES string of the molecule is CC1=CC=C(c2ccc(C)c(C(c3ccccc3)(c3ccccc3N)c3cccc4c3Cc3ccccc3-4)c2)CC1. The van der Waals surface area contributed by atoms with Gasteiger partial charge in [0.15, 0.2) is 0 Å². The van der Waals surface area contributed by atoms with Crippen molar-refractivity contribution in [1.82, 2.24) is 0 Å². The minimum absolute atomic E-state index is 0.596. The van der Waals surface area contributed by atoms with Crippen molar-refractivity contribution in [3.05, 3.63) is 177 Å². The van der Waals surface area contributed by atoms with E-state index in [9.17, 15) is 0 Å². The van der Waals surface area contributed by atoms with Gasteiger partial charge in [-0.15, -0.1) is 0 Å². The zero-order valence-electron chi connectivity index (χ0n) is 23.8. The Labute approximate surface area is 243 Å². The molecule has 0 amide bonds. The normalized spacial score (nSPS) is 15.4. The average Bonchev–Trinajstić information content (AvgIpc) is 3.40. The van der Waals surface area contributed by atoms with Crippen molar-refractivity contribution < 1.29 is 0 Å². The quantitative estimate of drug-likeness (QED) is 0.175. The van der Waals surface area contributed by atoms with Crippen molar-refractivity contribution >= 4 is 11.3 Å². The number of benzene rings is 5. The van der Waals surface area contributed by atoms with Crippen molar-refractivity contribution in [1.29, 1.82) is 0 Å². The monoisotopic (exact) mass is 529 g/mol. The maximum absolute atomic E-state index is 6.98. The van der Waals surface area contributed by atoms with Crippen molar-refractivity contribution in [2.75, 3.05) is 5.73 Å². The lowest BCUT2D eigenvalue weighted by molar-refractivity contribution is 0.732. The van der Waals surface area contributed by atoms with Crippen LogP contribution in [0.2, 0.25) is 0 Å². The lowest BCUT2D eigenvalue weighted by atomic mass is 9.62. The van der Waals surface area contributed by atoms with Crippen LogP contribution in [0.3, 0.4) is 0 Å². The number of hydrogen-bond donors (Lipinski definition) is 1. The van der Waals surface area contributed by atoms with E-state index >= 15 is 0 Å². The van der Waals surface area contributed by atoms with E-state index in [1.54, 1.807) is 0 Å². The summed E-state index contributed by atoms with van der Waals surface area (Å²) >= 11 is 0. The molecule has 41 heavy (non-hydrogen) atoms. The number of allylic oxidation sites excluding steroid dienone is 4. The van der Waals surface area contributed by atoms with Gasteiger partial charge in [-0.1, -0.05) is 121 Å². The Morgan fingerprint density at radius 3 is 2.15 bits per heavy atom. The molecule has 0 spiro atoms. The third-order valence-corrected chi connectivity index (χ3v) is 9.20. The second-order valence-corrected chi connectivity index (χ2v) is 11.6. The van der Waals surface area contributed by atoms with Crippen molar-refractivity contribution in [3.8, 4) is 11.1 Å². The summed E-state index contributed by atoms with van der Waals surface area (Å²) in [7, 11) is 0. The van der Waals surface area contributed by atoms with Crippen LogP contribution in [0.5, 0.6) is 0 Å². The lowest BCUT2D eigenvalue weighted by Gasteiger charge is -2.40. The van der Waals surface area contributed by atoms with E-state index in [1.165, 1.54) is 61.2 Å². The van der Waals surface area contributed by atoms with Gasteiger partial charge in [-0.25, -0.2) is 0 Å². The predicted octanol–water partition coefficient (Wildman–Crippen LogP) is 9.65. The molecule has 2 aliphatic carbocycles. The summed E-state index contributed by atoms with van der Waals surface area (Å²) < 4.78 is 0. The molecule has 0 heterocycles. The number of nitrogens with two attached hydrogens (primary N) is 1. The first-order valence-electron chi connectivity index (χ1n) is 14.7. The maximum Gasteiger partial charge on any atom is 0.0727 e. The smallest absolute Gasteiger partial charge is 0.0727 e. The summed E-state index contributed by atoms with van der Waals surface area (Å²) in [6, 6.07) is 42.3. The minimum atomic E-state index is -0.596. The van der Waals surface area contributed by atoms with Crippen molar-refractivity contribution in [2.24, 2.45) is 0 Å². The highest BCUT2D eigenvalue weighted by Gasteiger charge is 2.43. The minimum Gasteiger partial charge on any atom is -0.398 e. The highest BCUT2D eigenvalue weighted by Crippen LogP contribution is 2.52. The number of fused-ring (bicyclic) bond motifs is 3. The molecule has 0 aromatic heterocycles. The van der Waals surface area contributed by atoms with Gasteiger partial charge in [-0.3, -0.25) is 0 Å². The van der Waals surface area contributed by atoms with Gasteiger partial charge in [0.05, 0.1) is 5.41 Å². The summed E-state index contributed by atoms with van der Waals surface area (Å²) in [6.07, 6.45) is 7.67. The molecule has 0 saturated heterocycles. The second-order valence-electron chi connectivity index (χ2n) is 11.6. The van der Waals surface area contributed by atoms with Crippen LogP contribution in [0.25, 0.3) is 16.7 Å². The Kier molecular flexibility index (Phi) is 6.24. The van der Waals surface area contributed by atoms with E-state index in [-0.39, 0.29) is 0 Å². The van der Waals surface area contributed by atoms with E-state index < -0.39 is 5.41 Å². The van der Waals surface area contributed by atoms with Crippen LogP contribution >= 0.6 is 0 Å². The average molecular weight is 530 g/mol. The fraction of sp³-hybridized carbons (Fsp3) is 0.150. The van der Waals surface area contributed by atoms with E-state index in [2.05, 4.69) is 135 Å². The molecule has 1 atom stereocenters. The van der Waals surface area contributed by atoms with Gasteiger partial charge in [0.25, 0.3) is 0 Å². The summed E-state index contributed by atoms with van der Waals surface area (Å²) in [4.78, 5) is 0. The fourth-order valence-electron chi connectivity index (χ4n) is 7.14. The van der Waals surface area contributed by atoms with Crippen LogP contribution < -0.4 is 5.73 Å². The third-order valence-electron chi connectivity index (χ3n) is 9.20. The highest BCUT2D eigenvalue weighted by atomic mass is 14.6. The second kappa shape index (κ2) is 10.1. The topological polar surface area (TPSA) is 26.0 Å². The number of para-hydroxylation sites is 1. The molecule has 0 saturated carbocycles. The van der Waals surface area contributed by atoms with Gasteiger partial charge in [-0.2, -0.15) is 0 Å². The van der Waals surface area contributed by atoms with Crippen LogP contribution in [0.1, 0.15) is 64.3 Å². The number of hydrogen-bond acceptors (Lipinski definition) is 1. The number of rotatable bonds is 5. The Balaban J connectivity index is 1.61. The zero-order chi connectivity index (χ0) is 28.0. The standard InChI is InChI=1S/C40H35N/c1-27-19-22-29(23-20-27)30-24-21-28(2)38(26-30)40(32-12-4-3-5-13-32,37-16-8-9-18-39(37)41)36-17-10-15-34-33-14-7-6-11-31(33)25-35(34)36/h3-19,21-22,24,26H,20,23,25,41H2,1-2H3. The molecule has 0 radical (unpaired) electrons. The molecular formula is C40H35N. The molecule has 1 nitrogen and oxygen atoms in total. The molecule has 200 valence electrons. The van der Waals surface area contributed by atoms with Crippen LogP contribution in [-0.4, -0.2) is 0 Å². The molecule has 0 aliphatic heterocycles. The Bertz CT molecular complexity index is 1840. The Morgan fingerprint density at radius 1 is 0.610 bits per heavy atom. The highest BCUT2D eigenvalue weighted by molar-refractivity contribution is 5.82. The van der Waals surface area contributed by atoms with Gasteiger partial charge >= 0.3 is 0 Å². The summed E-state index contributed by atoms with van der Waals surface area (Å²) in [5.74, 6) is 0. The van der Waals surface area contributed by atoms with E-state index in [0.717, 1.165) is 30.5 Å². The number of aryl methyl sites for hydroxylation is 1. The maximum atomic E-state index is 6.98. The van der Waals surface area contributed by atoms with Gasteiger partial charge < -0.3 is 5.73 Å². The first-order chi connectivity index (χ1) is 20.1. The first kappa shape index (κ1) is 25.4. The molecule has 1 unspecified atom stereocenters. The van der Waals surface area contributed by atoms with E-state index in [0.29, 0.717) is 0 Å². The van der Waals surface area contributed by atoms with E-state index in [1.807, 2.05) is 6.07 Å². The summed E-state index contributed by atoms with van der Waals surface area (Å²) in [6.45, 7) is 4.48. The van der Waals surface area contributed by atoms with Gasteiger partial charge in [-0.05, 0) is 106 Å². The largest absolute Gasteiger partial charge is 0.398 e. The van der Waals surface area contributed by atoms with Crippen LogP contribution in [0.15, 0.2) is 133 Å². The van der Waals surface area contributed by atoms with E-state index in [4.69, 9.17) is 5.73 Å². The Morgan fingerprint density at radius 2 is 1.34 bits per heavy atom. The van der Waals surface area contributed by atoms with Crippen LogP contribution in [-0.2, 0) is 11.8 Å². The molecule has 7 rings (SSSR count). The fourth-order valence-corrected chi connectivity index (χ4v) is 7.14. The van der Waals surface area contributed by atoms with Crippen LogP contribution in [0.4, 0.5) is 5.69 Å². The molecule has 0 bridgehead atoms. The molecule has 5 aromatic rings. The number of nitrogen functional groups attached to an aromatic ring is 1. The van der Waals surface area contributed by atoms with Gasteiger partial charge in [0, 0.05) is 5.69 Å². The van der Waals surface area contributed by atoms with Gasteiger partial charge in [0.1, 0.15) is 0 Å². The molecule has 1 heteroatoms. The molecule has 5 aromatic carbocycles. The Hall–Kier alpha value is -4.62. The van der Waals surface area contributed by atoms with Crippen LogP contribution in [0, 0.1) is 6.92 Å². The zero-order valence-corrected chi connectivity index (χ0v) is 23.8. The third kappa shape index (κ3) is 4.07. The molecular weight excluding hydrogens is 494 g/mol. The molecule has 2 N–H and O–H groups in total. The number of anilines is 1. The molecule has 2 aliphatic rings. The van der Waals surface area contributed by atoms with Crippen molar-refractivity contribution in [2.45, 2.75) is 38.5 Å². The molecule has 0 fully saturated rings. The van der Waals surface area contributed by atoms with Gasteiger partial charge in [0.2, 0.25) is 0 Å². The predicted molar refractivity (Wildman–Crippen MR) is 173 cm³/mol. The summed E-state index contributed by atoms with van der Waals surface area (Å²) in [5.41, 5.74) is 23.0.